The molecular formula is C57H105NO5. The third-order valence-electron chi connectivity index (χ3n) is 12.5. The molecule has 0 saturated heterocycles. The molecule has 0 rings (SSSR count). The molecule has 1 amide bonds. The molecule has 0 saturated carbocycles. The van der Waals surface area contributed by atoms with Crippen molar-refractivity contribution in [1.82, 2.24) is 5.32 Å². The van der Waals surface area contributed by atoms with Gasteiger partial charge in [-0.25, -0.2) is 0 Å². The molecule has 368 valence electrons. The Morgan fingerprint density at radius 1 is 0.476 bits per heavy atom. The van der Waals surface area contributed by atoms with Gasteiger partial charge in [-0.1, -0.05) is 268 Å². The number of nitrogens with one attached hydrogen (secondary N) is 1. The molecule has 0 heterocycles. The zero-order valence-corrected chi connectivity index (χ0v) is 42.0. The van der Waals surface area contributed by atoms with Crippen LogP contribution >= 0.6 is 0 Å². The van der Waals surface area contributed by atoms with Gasteiger partial charge in [0.15, 0.2) is 0 Å². The van der Waals surface area contributed by atoms with Gasteiger partial charge in [-0.05, 0) is 44.9 Å². The van der Waals surface area contributed by atoms with Crippen LogP contribution in [0.15, 0.2) is 48.6 Å². The molecule has 3 N–H and O–H groups in total. The first kappa shape index (κ1) is 60.8. The highest BCUT2D eigenvalue weighted by Crippen LogP contribution is 2.18. The van der Waals surface area contributed by atoms with Gasteiger partial charge >= 0.3 is 5.97 Å². The van der Waals surface area contributed by atoms with Gasteiger partial charge in [0.25, 0.3) is 0 Å². The minimum absolute atomic E-state index is 0.0541. The lowest BCUT2D eigenvalue weighted by Gasteiger charge is -2.24. The number of hydrogen-bond acceptors (Lipinski definition) is 5. The number of carbonyl (C=O) groups excluding carboxylic acids is 2. The Morgan fingerprint density at radius 3 is 1.30 bits per heavy atom. The Morgan fingerprint density at radius 2 is 0.857 bits per heavy atom. The van der Waals surface area contributed by atoms with E-state index in [2.05, 4.69) is 50.4 Å². The van der Waals surface area contributed by atoms with Crippen LogP contribution in [-0.4, -0.2) is 46.9 Å². The largest absolute Gasteiger partial charge is 0.462 e. The fraction of sp³-hybridized carbons (Fsp3) is 0.825. The SMILES string of the molecule is CC/C=C/C=C/C=C/C=C\CCCCCC(CC(=O)NC(CO)C(O)CCCCCCCCCCCCCCCCCC)OC(=O)CCCCCCCCCCCCCCCCC. The maximum Gasteiger partial charge on any atom is 0.306 e. The van der Waals surface area contributed by atoms with Gasteiger partial charge in [0.05, 0.1) is 25.2 Å². The molecular weight excluding hydrogens is 779 g/mol. The van der Waals surface area contributed by atoms with Crippen molar-refractivity contribution in [3.05, 3.63) is 48.6 Å². The van der Waals surface area contributed by atoms with Crippen molar-refractivity contribution in [3.63, 3.8) is 0 Å². The molecule has 3 unspecified atom stereocenters. The summed E-state index contributed by atoms with van der Waals surface area (Å²) < 4.78 is 5.93. The molecule has 63 heavy (non-hydrogen) atoms. The van der Waals surface area contributed by atoms with Gasteiger partial charge in [-0.15, -0.1) is 0 Å². The third kappa shape index (κ3) is 46.2. The van der Waals surface area contributed by atoms with E-state index in [1.807, 2.05) is 24.3 Å². The summed E-state index contributed by atoms with van der Waals surface area (Å²) in [6.07, 6.45) is 61.8. The summed E-state index contributed by atoms with van der Waals surface area (Å²) in [5, 5.41) is 23.8. The topological polar surface area (TPSA) is 95.9 Å². The van der Waals surface area contributed by atoms with Crippen LogP contribution in [0.4, 0.5) is 0 Å². The number of ether oxygens (including phenoxy) is 1. The lowest BCUT2D eigenvalue weighted by molar-refractivity contribution is -0.151. The monoisotopic (exact) mass is 884 g/mol. The number of aliphatic hydroxyl groups excluding tert-OH is 2. The summed E-state index contributed by atoms with van der Waals surface area (Å²) in [7, 11) is 0. The van der Waals surface area contributed by atoms with Gasteiger partial charge in [0.2, 0.25) is 5.91 Å². The van der Waals surface area contributed by atoms with Crippen LogP contribution in [0.2, 0.25) is 0 Å². The molecule has 0 radical (unpaired) electrons. The summed E-state index contributed by atoms with van der Waals surface area (Å²) in [6, 6.07) is -0.713. The normalized spacial score (nSPS) is 13.5. The lowest BCUT2D eigenvalue weighted by atomic mass is 10.0. The van der Waals surface area contributed by atoms with E-state index in [-0.39, 0.29) is 24.9 Å². The number of allylic oxidation sites excluding steroid dienone is 8. The average Bonchev–Trinajstić information content (AvgIpc) is 3.28. The summed E-state index contributed by atoms with van der Waals surface area (Å²) in [5.41, 5.74) is 0. The first-order chi connectivity index (χ1) is 31.0. The number of hydrogen-bond donors (Lipinski definition) is 3. The average molecular weight is 884 g/mol. The highest BCUT2D eigenvalue weighted by molar-refractivity contribution is 5.77. The smallest absolute Gasteiger partial charge is 0.306 e. The maximum atomic E-state index is 13.2. The van der Waals surface area contributed by atoms with Crippen LogP contribution in [0.3, 0.4) is 0 Å². The van der Waals surface area contributed by atoms with Crippen LogP contribution in [0.1, 0.15) is 278 Å². The van der Waals surface area contributed by atoms with Gasteiger partial charge in [0, 0.05) is 6.42 Å². The van der Waals surface area contributed by atoms with Crippen molar-refractivity contribution < 1.29 is 24.5 Å². The standard InChI is InChI=1S/C57H105NO5/c1-4-7-10-13-16-19-22-25-27-29-31-34-37-40-43-46-49-55(60)54(52-59)58-56(61)51-53(48-45-42-39-36-33-30-24-21-18-15-12-9-6-3)63-57(62)50-47-44-41-38-35-32-28-26-23-20-17-14-11-8-5-2/h9,12,15,18,21,24,30,33,53-55,59-60H,4-8,10-11,13-14,16-17,19-20,22-23,25-29,31-32,34-52H2,1-3H3,(H,58,61)/b12-9+,18-15+,24-21+,33-30-. The van der Waals surface area contributed by atoms with Crippen molar-refractivity contribution in [2.75, 3.05) is 6.61 Å². The molecule has 3 atom stereocenters. The quantitative estimate of drug-likeness (QED) is 0.0321. The molecule has 0 fully saturated rings. The molecule has 6 nitrogen and oxygen atoms in total. The van der Waals surface area contributed by atoms with E-state index in [1.54, 1.807) is 0 Å². The van der Waals surface area contributed by atoms with E-state index in [0.717, 1.165) is 70.6 Å². The van der Waals surface area contributed by atoms with E-state index < -0.39 is 18.2 Å². The van der Waals surface area contributed by atoms with Gasteiger partial charge in [0.1, 0.15) is 6.10 Å². The predicted molar refractivity (Wildman–Crippen MR) is 273 cm³/mol. The summed E-state index contributed by atoms with van der Waals surface area (Å²) in [5.74, 6) is -0.502. The lowest BCUT2D eigenvalue weighted by Crippen LogP contribution is -2.46. The zero-order chi connectivity index (χ0) is 45.9. The first-order valence-corrected chi connectivity index (χ1v) is 27.4. The molecule has 0 aromatic carbocycles. The number of rotatable bonds is 49. The Bertz CT molecular complexity index is 1080. The fourth-order valence-corrected chi connectivity index (χ4v) is 8.38. The van der Waals surface area contributed by atoms with Gasteiger partial charge in [-0.2, -0.15) is 0 Å². The van der Waals surface area contributed by atoms with Crippen LogP contribution in [0, 0.1) is 0 Å². The van der Waals surface area contributed by atoms with Crippen LogP contribution in [0.25, 0.3) is 0 Å². The molecule has 0 aliphatic rings. The highest BCUT2D eigenvalue weighted by atomic mass is 16.5. The van der Waals surface area contributed by atoms with E-state index >= 15 is 0 Å². The number of aliphatic hydroxyl groups is 2. The van der Waals surface area contributed by atoms with Crippen molar-refractivity contribution >= 4 is 11.9 Å². The maximum absolute atomic E-state index is 13.2. The number of esters is 1. The summed E-state index contributed by atoms with van der Waals surface area (Å²) >= 11 is 0. The molecule has 0 aliphatic heterocycles. The second-order valence-electron chi connectivity index (χ2n) is 18.7. The number of carbonyl (C=O) groups is 2. The molecule has 0 spiro atoms. The second kappa shape index (κ2) is 50.8. The summed E-state index contributed by atoms with van der Waals surface area (Å²) in [4.78, 5) is 26.2. The minimum atomic E-state index is -0.798. The first-order valence-electron chi connectivity index (χ1n) is 27.4. The summed E-state index contributed by atoms with van der Waals surface area (Å²) in [6.45, 7) is 6.36. The zero-order valence-electron chi connectivity index (χ0n) is 42.0. The Labute approximate surface area is 391 Å². The fourth-order valence-electron chi connectivity index (χ4n) is 8.38. The molecule has 0 aromatic heterocycles. The van der Waals surface area contributed by atoms with Crippen molar-refractivity contribution in [1.29, 1.82) is 0 Å². The van der Waals surface area contributed by atoms with E-state index in [1.165, 1.54) is 161 Å². The molecule has 0 bridgehead atoms. The van der Waals surface area contributed by atoms with E-state index in [9.17, 15) is 19.8 Å². The minimum Gasteiger partial charge on any atom is -0.462 e. The molecule has 0 aliphatic carbocycles. The Kier molecular flexibility index (Phi) is 49.1. The van der Waals surface area contributed by atoms with Crippen molar-refractivity contribution in [2.45, 2.75) is 296 Å². The number of unbranched alkanes of at least 4 members (excludes halogenated alkanes) is 32. The predicted octanol–water partition coefficient (Wildman–Crippen LogP) is 16.6. The van der Waals surface area contributed by atoms with Crippen LogP contribution in [0.5, 0.6) is 0 Å². The van der Waals surface area contributed by atoms with Crippen molar-refractivity contribution in [2.24, 2.45) is 0 Å². The van der Waals surface area contributed by atoms with Crippen molar-refractivity contribution in [3.8, 4) is 0 Å². The van der Waals surface area contributed by atoms with Gasteiger partial charge < -0.3 is 20.3 Å². The van der Waals surface area contributed by atoms with Crippen LogP contribution < -0.4 is 5.32 Å². The second-order valence-corrected chi connectivity index (χ2v) is 18.7. The Hall–Kier alpha value is -2.18. The number of amides is 1. The molecule has 6 heteroatoms. The van der Waals surface area contributed by atoms with E-state index in [4.69, 9.17) is 4.74 Å². The molecule has 0 aromatic rings. The Balaban J connectivity index is 4.55. The highest BCUT2D eigenvalue weighted by Gasteiger charge is 2.24. The van der Waals surface area contributed by atoms with Gasteiger partial charge in [-0.3, -0.25) is 9.59 Å². The third-order valence-corrected chi connectivity index (χ3v) is 12.5. The van der Waals surface area contributed by atoms with Crippen LogP contribution in [-0.2, 0) is 14.3 Å². The van der Waals surface area contributed by atoms with E-state index in [0.29, 0.717) is 19.3 Å².